The van der Waals surface area contributed by atoms with Crippen LogP contribution in [0.25, 0.3) is 32.9 Å². The minimum absolute atomic E-state index is 0.0368. The predicted molar refractivity (Wildman–Crippen MR) is 130 cm³/mol. The number of rotatable bonds is 4. The highest BCUT2D eigenvalue weighted by atomic mass is 16.5. The van der Waals surface area contributed by atoms with Crippen LogP contribution < -0.4 is 10.5 Å². The fourth-order valence-corrected chi connectivity index (χ4v) is 4.54. The predicted octanol–water partition coefficient (Wildman–Crippen LogP) is 3.82. The third-order valence-corrected chi connectivity index (χ3v) is 6.31. The van der Waals surface area contributed by atoms with E-state index in [2.05, 4.69) is 32.0 Å². The number of H-pyrrole nitrogens is 1. The zero-order valence-electron chi connectivity index (χ0n) is 18.1. The number of benzene rings is 1. The number of nitrogens with zero attached hydrogens (tertiary/aromatic N) is 4. The number of ether oxygens (including phenoxy) is 1. The van der Waals surface area contributed by atoms with E-state index in [1.165, 1.54) is 0 Å². The van der Waals surface area contributed by atoms with Gasteiger partial charge in [0, 0.05) is 60.3 Å². The molecule has 4 aromatic heterocycles. The number of fused-ring (bicyclic) bond motifs is 2. The molecule has 7 heteroatoms. The van der Waals surface area contributed by atoms with E-state index in [0.29, 0.717) is 6.54 Å². The number of anilines is 1. The highest BCUT2D eigenvalue weighted by Gasteiger charge is 2.15. The molecule has 0 atom stereocenters. The molecule has 5 aromatic rings. The van der Waals surface area contributed by atoms with Gasteiger partial charge in [0.25, 0.3) is 5.56 Å². The number of aromatic amines is 1. The van der Waals surface area contributed by atoms with Crippen molar-refractivity contribution in [3.05, 3.63) is 89.4 Å². The molecule has 6 rings (SSSR count). The van der Waals surface area contributed by atoms with E-state index in [1.807, 2.05) is 49.1 Å². The van der Waals surface area contributed by atoms with E-state index in [1.54, 1.807) is 16.8 Å². The van der Waals surface area contributed by atoms with Gasteiger partial charge in [-0.1, -0.05) is 18.2 Å². The molecule has 0 unspecified atom stereocenters. The van der Waals surface area contributed by atoms with Crippen molar-refractivity contribution in [2.75, 3.05) is 31.2 Å². The van der Waals surface area contributed by atoms with E-state index >= 15 is 0 Å². The first kappa shape index (κ1) is 19.7. The van der Waals surface area contributed by atoms with E-state index in [0.717, 1.165) is 70.5 Å². The molecule has 0 radical (unpaired) electrons. The van der Waals surface area contributed by atoms with Crippen LogP contribution in [0.15, 0.2) is 78.2 Å². The summed E-state index contributed by atoms with van der Waals surface area (Å²) in [5, 5.41) is 3.20. The summed E-state index contributed by atoms with van der Waals surface area (Å²) in [6.07, 6.45) is 9.33. The van der Waals surface area contributed by atoms with Gasteiger partial charge in [0.15, 0.2) is 0 Å². The average Bonchev–Trinajstić information content (AvgIpc) is 3.29. The summed E-state index contributed by atoms with van der Waals surface area (Å²) in [5.74, 6) is 0. The lowest BCUT2D eigenvalue weighted by molar-refractivity contribution is 0.122. The Morgan fingerprint density at radius 2 is 1.94 bits per heavy atom. The molecule has 5 heterocycles. The van der Waals surface area contributed by atoms with Crippen molar-refractivity contribution >= 4 is 27.5 Å². The van der Waals surface area contributed by atoms with Crippen LogP contribution >= 0.6 is 0 Å². The molecule has 1 saturated heterocycles. The quantitative estimate of drug-likeness (QED) is 0.463. The smallest absolute Gasteiger partial charge is 0.251 e. The van der Waals surface area contributed by atoms with Crippen molar-refractivity contribution in [2.45, 2.75) is 6.54 Å². The van der Waals surface area contributed by atoms with E-state index in [9.17, 15) is 4.79 Å². The molecule has 0 saturated carbocycles. The fraction of sp³-hybridized carbons (Fsp3) is 0.192. The summed E-state index contributed by atoms with van der Waals surface area (Å²) < 4.78 is 7.21. The molecular weight excluding hydrogens is 414 g/mol. The molecule has 0 amide bonds. The molecular formula is C26H23N5O2. The van der Waals surface area contributed by atoms with Crippen LogP contribution in [0.3, 0.4) is 0 Å². The van der Waals surface area contributed by atoms with Crippen LogP contribution in [0.2, 0.25) is 0 Å². The summed E-state index contributed by atoms with van der Waals surface area (Å²) >= 11 is 0. The van der Waals surface area contributed by atoms with Crippen molar-refractivity contribution in [1.29, 1.82) is 0 Å². The van der Waals surface area contributed by atoms with Gasteiger partial charge in [-0.2, -0.15) is 0 Å². The highest BCUT2D eigenvalue weighted by molar-refractivity contribution is 5.95. The minimum Gasteiger partial charge on any atom is -0.378 e. The number of pyridine rings is 3. The number of morpholine rings is 1. The standard InChI is InChI=1S/C26H23N5O2/c32-25-12-18(5-7-31(25)17-20-3-1-2-19-14-27-6-4-22(19)20)24-16-29-26-23(24)13-21(15-28-26)30-8-10-33-11-9-30/h1-7,12-16H,8-11,17H2,(H,28,29). The van der Waals surface area contributed by atoms with Gasteiger partial charge in [-0.05, 0) is 34.7 Å². The summed E-state index contributed by atoms with van der Waals surface area (Å²) in [5.41, 5.74) is 4.81. The van der Waals surface area contributed by atoms with Crippen molar-refractivity contribution in [3.63, 3.8) is 0 Å². The first-order valence-corrected chi connectivity index (χ1v) is 11.1. The Kier molecular flexibility index (Phi) is 4.88. The maximum absolute atomic E-state index is 13.0. The van der Waals surface area contributed by atoms with Crippen LogP contribution in [0.1, 0.15) is 5.56 Å². The van der Waals surface area contributed by atoms with Gasteiger partial charge in [0.2, 0.25) is 0 Å². The zero-order valence-corrected chi connectivity index (χ0v) is 18.1. The number of aromatic nitrogens is 4. The highest BCUT2D eigenvalue weighted by Crippen LogP contribution is 2.30. The van der Waals surface area contributed by atoms with Gasteiger partial charge in [-0.3, -0.25) is 9.78 Å². The third-order valence-electron chi connectivity index (χ3n) is 6.31. The van der Waals surface area contributed by atoms with Gasteiger partial charge in [0.05, 0.1) is 31.6 Å². The first-order chi connectivity index (χ1) is 16.3. The molecule has 0 spiro atoms. The molecule has 0 aliphatic carbocycles. The topological polar surface area (TPSA) is 76.0 Å². The monoisotopic (exact) mass is 437 g/mol. The Morgan fingerprint density at radius 3 is 2.82 bits per heavy atom. The Hall–Kier alpha value is -3.97. The zero-order chi connectivity index (χ0) is 22.2. The van der Waals surface area contributed by atoms with Crippen LogP contribution in [-0.2, 0) is 11.3 Å². The molecule has 1 aliphatic rings. The molecule has 33 heavy (non-hydrogen) atoms. The van der Waals surface area contributed by atoms with Crippen molar-refractivity contribution in [3.8, 4) is 11.1 Å². The Bertz CT molecular complexity index is 1510. The Balaban J connectivity index is 1.34. The van der Waals surface area contributed by atoms with Crippen LogP contribution in [0.4, 0.5) is 5.69 Å². The largest absolute Gasteiger partial charge is 0.378 e. The molecule has 1 aromatic carbocycles. The normalized spacial score (nSPS) is 14.2. The van der Waals surface area contributed by atoms with E-state index in [-0.39, 0.29) is 5.56 Å². The molecule has 7 nitrogen and oxygen atoms in total. The van der Waals surface area contributed by atoms with Crippen molar-refractivity contribution < 1.29 is 4.74 Å². The fourth-order valence-electron chi connectivity index (χ4n) is 4.54. The number of hydrogen-bond acceptors (Lipinski definition) is 5. The summed E-state index contributed by atoms with van der Waals surface area (Å²) in [6.45, 7) is 3.67. The summed E-state index contributed by atoms with van der Waals surface area (Å²) in [6, 6.07) is 13.9. The van der Waals surface area contributed by atoms with Gasteiger partial charge in [-0.25, -0.2) is 4.98 Å². The van der Waals surface area contributed by atoms with Crippen LogP contribution in [-0.4, -0.2) is 45.8 Å². The second kappa shape index (κ2) is 8.18. The maximum Gasteiger partial charge on any atom is 0.251 e. The summed E-state index contributed by atoms with van der Waals surface area (Å²) in [7, 11) is 0. The minimum atomic E-state index is -0.0368. The molecule has 1 fully saturated rings. The molecule has 164 valence electrons. The lowest BCUT2D eigenvalue weighted by Crippen LogP contribution is -2.36. The average molecular weight is 438 g/mol. The molecule has 0 bridgehead atoms. The van der Waals surface area contributed by atoms with Crippen LogP contribution in [0, 0.1) is 0 Å². The van der Waals surface area contributed by atoms with Crippen molar-refractivity contribution in [1.82, 2.24) is 19.5 Å². The summed E-state index contributed by atoms with van der Waals surface area (Å²) in [4.78, 5) is 27.3. The first-order valence-electron chi connectivity index (χ1n) is 11.1. The van der Waals surface area contributed by atoms with E-state index in [4.69, 9.17) is 4.74 Å². The molecule has 1 N–H and O–H groups in total. The van der Waals surface area contributed by atoms with Crippen LogP contribution in [0.5, 0.6) is 0 Å². The van der Waals surface area contributed by atoms with Crippen molar-refractivity contribution in [2.24, 2.45) is 0 Å². The Morgan fingerprint density at radius 1 is 1.03 bits per heavy atom. The lowest BCUT2D eigenvalue weighted by Gasteiger charge is -2.28. The SMILES string of the molecule is O=c1cc(-c2c[nH]c3ncc(N4CCOCC4)cc23)ccn1Cc1cccc2cnccc12. The van der Waals surface area contributed by atoms with Gasteiger partial charge < -0.3 is 19.2 Å². The van der Waals surface area contributed by atoms with E-state index < -0.39 is 0 Å². The number of hydrogen-bond donors (Lipinski definition) is 1. The number of nitrogens with one attached hydrogen (secondary N) is 1. The second-order valence-electron chi connectivity index (χ2n) is 8.29. The lowest BCUT2D eigenvalue weighted by atomic mass is 10.1. The Labute approximate surface area is 190 Å². The molecule has 1 aliphatic heterocycles. The van der Waals surface area contributed by atoms with Gasteiger partial charge in [-0.15, -0.1) is 0 Å². The van der Waals surface area contributed by atoms with Gasteiger partial charge >= 0.3 is 0 Å². The van der Waals surface area contributed by atoms with Gasteiger partial charge in [0.1, 0.15) is 5.65 Å². The second-order valence-corrected chi connectivity index (χ2v) is 8.29. The third kappa shape index (κ3) is 3.66. The maximum atomic E-state index is 13.0.